The second kappa shape index (κ2) is 9.18. The Labute approximate surface area is 160 Å². The quantitative estimate of drug-likeness (QED) is 0.785. The first-order valence-electron chi connectivity index (χ1n) is 9.05. The summed E-state index contributed by atoms with van der Waals surface area (Å²) >= 11 is 0. The number of amides is 2. The number of nitrogens with zero attached hydrogens (tertiary/aromatic N) is 2. The first kappa shape index (κ1) is 21.2. The van der Waals surface area contributed by atoms with Gasteiger partial charge in [0.2, 0.25) is 10.0 Å². The summed E-state index contributed by atoms with van der Waals surface area (Å²) in [5.41, 5.74) is 0.419. The minimum absolute atomic E-state index is 0.131. The van der Waals surface area contributed by atoms with Crippen molar-refractivity contribution in [3.63, 3.8) is 0 Å². The summed E-state index contributed by atoms with van der Waals surface area (Å²) in [5, 5.41) is 0. The van der Waals surface area contributed by atoms with Crippen molar-refractivity contribution in [2.75, 3.05) is 39.3 Å². The SMILES string of the molecule is CCOC(=O)N1CCN(C(=O)c2ccc(S(=O)(=O)NCC(C)C)cc2)CC1. The van der Waals surface area contributed by atoms with Gasteiger partial charge in [0.25, 0.3) is 5.91 Å². The lowest BCUT2D eigenvalue weighted by molar-refractivity contribution is 0.0570. The minimum Gasteiger partial charge on any atom is -0.450 e. The van der Waals surface area contributed by atoms with E-state index in [1.54, 1.807) is 16.7 Å². The number of carbonyl (C=O) groups excluding carboxylic acids is 2. The van der Waals surface area contributed by atoms with Gasteiger partial charge in [-0.15, -0.1) is 0 Å². The molecule has 1 saturated heterocycles. The Kier molecular flexibility index (Phi) is 7.20. The molecule has 2 rings (SSSR count). The highest BCUT2D eigenvalue weighted by Crippen LogP contribution is 2.14. The molecule has 9 heteroatoms. The number of nitrogens with one attached hydrogen (secondary N) is 1. The number of piperazine rings is 1. The van der Waals surface area contributed by atoms with E-state index < -0.39 is 10.0 Å². The molecule has 1 fully saturated rings. The van der Waals surface area contributed by atoms with Gasteiger partial charge in [-0.1, -0.05) is 13.8 Å². The zero-order valence-corrected chi connectivity index (χ0v) is 16.8. The van der Waals surface area contributed by atoms with Gasteiger partial charge in [0.15, 0.2) is 0 Å². The maximum Gasteiger partial charge on any atom is 0.409 e. The zero-order chi connectivity index (χ0) is 20.0. The maximum atomic E-state index is 12.6. The fourth-order valence-electron chi connectivity index (χ4n) is 2.63. The van der Waals surface area contributed by atoms with Gasteiger partial charge in [-0.2, -0.15) is 0 Å². The Hall–Kier alpha value is -2.13. The van der Waals surface area contributed by atoms with Gasteiger partial charge >= 0.3 is 6.09 Å². The lowest BCUT2D eigenvalue weighted by Gasteiger charge is -2.34. The van der Waals surface area contributed by atoms with Crippen LogP contribution in [0.4, 0.5) is 4.79 Å². The third kappa shape index (κ3) is 5.67. The molecule has 0 spiro atoms. The van der Waals surface area contributed by atoms with E-state index >= 15 is 0 Å². The lowest BCUT2D eigenvalue weighted by Crippen LogP contribution is -2.50. The van der Waals surface area contributed by atoms with Gasteiger partial charge in [-0.25, -0.2) is 17.9 Å². The van der Waals surface area contributed by atoms with Crippen LogP contribution in [0.3, 0.4) is 0 Å². The molecular formula is C18H27N3O5S. The number of hydrogen-bond acceptors (Lipinski definition) is 5. The summed E-state index contributed by atoms with van der Waals surface area (Å²) in [6.45, 7) is 7.92. The lowest BCUT2D eigenvalue weighted by atomic mass is 10.2. The number of sulfonamides is 1. The van der Waals surface area contributed by atoms with Crippen LogP contribution >= 0.6 is 0 Å². The van der Waals surface area contributed by atoms with Gasteiger partial charge in [0, 0.05) is 38.3 Å². The third-order valence-electron chi connectivity index (χ3n) is 4.19. The van der Waals surface area contributed by atoms with Crippen molar-refractivity contribution in [1.29, 1.82) is 0 Å². The summed E-state index contributed by atoms with van der Waals surface area (Å²) in [7, 11) is -3.58. The van der Waals surface area contributed by atoms with Crippen LogP contribution in [-0.4, -0.2) is 69.5 Å². The number of benzene rings is 1. The highest BCUT2D eigenvalue weighted by Gasteiger charge is 2.25. The molecule has 8 nitrogen and oxygen atoms in total. The average molecular weight is 397 g/mol. The summed E-state index contributed by atoms with van der Waals surface area (Å²) < 4.78 is 31.9. The van der Waals surface area contributed by atoms with Crippen LogP contribution in [0.5, 0.6) is 0 Å². The Bertz CT molecular complexity index is 754. The van der Waals surface area contributed by atoms with Gasteiger partial charge in [-0.05, 0) is 37.1 Å². The van der Waals surface area contributed by atoms with Crippen LogP contribution < -0.4 is 4.72 Å². The number of hydrogen-bond donors (Lipinski definition) is 1. The molecule has 1 heterocycles. The Balaban J connectivity index is 1.97. The molecule has 0 aliphatic carbocycles. The van der Waals surface area contributed by atoms with Crippen molar-refractivity contribution >= 4 is 22.0 Å². The highest BCUT2D eigenvalue weighted by atomic mass is 32.2. The van der Waals surface area contributed by atoms with E-state index in [9.17, 15) is 18.0 Å². The van der Waals surface area contributed by atoms with Crippen LogP contribution in [-0.2, 0) is 14.8 Å². The number of carbonyl (C=O) groups is 2. The highest BCUT2D eigenvalue weighted by molar-refractivity contribution is 7.89. The molecule has 150 valence electrons. The molecule has 1 aromatic rings. The van der Waals surface area contributed by atoms with E-state index in [1.807, 2.05) is 13.8 Å². The Morgan fingerprint density at radius 3 is 2.15 bits per heavy atom. The molecular weight excluding hydrogens is 370 g/mol. The normalized spacial score (nSPS) is 15.1. The summed E-state index contributed by atoms with van der Waals surface area (Å²) in [4.78, 5) is 27.7. The molecule has 0 aromatic heterocycles. The van der Waals surface area contributed by atoms with Crippen molar-refractivity contribution in [1.82, 2.24) is 14.5 Å². The van der Waals surface area contributed by atoms with Crippen molar-refractivity contribution < 1.29 is 22.7 Å². The molecule has 27 heavy (non-hydrogen) atoms. The molecule has 0 radical (unpaired) electrons. The van der Waals surface area contributed by atoms with Crippen LogP contribution in [0.2, 0.25) is 0 Å². The predicted molar refractivity (Wildman–Crippen MR) is 101 cm³/mol. The van der Waals surface area contributed by atoms with Crippen molar-refractivity contribution in [2.24, 2.45) is 5.92 Å². The molecule has 1 aliphatic rings. The largest absolute Gasteiger partial charge is 0.450 e. The number of ether oxygens (including phenoxy) is 1. The van der Waals surface area contributed by atoms with Crippen molar-refractivity contribution in [3.05, 3.63) is 29.8 Å². The summed E-state index contributed by atoms with van der Waals surface area (Å²) in [6.07, 6.45) is -0.368. The van der Waals surface area contributed by atoms with Gasteiger partial charge in [0.1, 0.15) is 0 Å². The van der Waals surface area contributed by atoms with E-state index in [0.717, 1.165) is 0 Å². The first-order chi connectivity index (χ1) is 12.7. The average Bonchev–Trinajstić information content (AvgIpc) is 2.66. The van der Waals surface area contributed by atoms with Crippen LogP contribution in [0.25, 0.3) is 0 Å². The minimum atomic E-state index is -3.58. The van der Waals surface area contributed by atoms with E-state index in [2.05, 4.69) is 4.72 Å². The first-order valence-corrected chi connectivity index (χ1v) is 10.5. The molecule has 0 unspecified atom stereocenters. The van der Waals surface area contributed by atoms with Gasteiger partial charge < -0.3 is 14.5 Å². The molecule has 2 amide bonds. The Morgan fingerprint density at radius 2 is 1.63 bits per heavy atom. The fourth-order valence-corrected chi connectivity index (χ4v) is 3.84. The second-order valence-electron chi connectivity index (χ2n) is 6.75. The van der Waals surface area contributed by atoms with Crippen LogP contribution in [0, 0.1) is 5.92 Å². The summed E-state index contributed by atoms with van der Waals surface area (Å²) in [6, 6.07) is 5.91. The molecule has 1 aromatic carbocycles. The van der Waals surface area contributed by atoms with E-state index in [4.69, 9.17) is 4.74 Å². The molecule has 1 N–H and O–H groups in total. The van der Waals surface area contributed by atoms with E-state index in [0.29, 0.717) is 44.9 Å². The second-order valence-corrected chi connectivity index (χ2v) is 8.52. The molecule has 1 aliphatic heterocycles. The van der Waals surface area contributed by atoms with E-state index in [1.165, 1.54) is 24.3 Å². The van der Waals surface area contributed by atoms with E-state index in [-0.39, 0.29) is 22.8 Å². The predicted octanol–water partition coefficient (Wildman–Crippen LogP) is 1.54. The van der Waals surface area contributed by atoms with Gasteiger partial charge in [0.05, 0.1) is 11.5 Å². The standard InChI is InChI=1S/C18H27N3O5S/c1-4-26-18(23)21-11-9-20(10-12-21)17(22)15-5-7-16(8-6-15)27(24,25)19-13-14(2)3/h5-8,14,19H,4,9-13H2,1-3H3. The monoisotopic (exact) mass is 397 g/mol. The topological polar surface area (TPSA) is 96.0 Å². The molecule has 0 atom stereocenters. The van der Waals surface area contributed by atoms with Crippen LogP contribution in [0.1, 0.15) is 31.1 Å². The Morgan fingerprint density at radius 1 is 1.07 bits per heavy atom. The van der Waals surface area contributed by atoms with Crippen molar-refractivity contribution in [2.45, 2.75) is 25.7 Å². The molecule has 0 bridgehead atoms. The summed E-state index contributed by atoms with van der Waals surface area (Å²) in [5.74, 6) is 0.0199. The maximum absolute atomic E-state index is 12.6. The van der Waals surface area contributed by atoms with Crippen LogP contribution in [0.15, 0.2) is 29.2 Å². The van der Waals surface area contributed by atoms with Gasteiger partial charge in [-0.3, -0.25) is 4.79 Å². The smallest absolute Gasteiger partial charge is 0.409 e. The number of rotatable bonds is 6. The molecule has 0 saturated carbocycles. The zero-order valence-electron chi connectivity index (χ0n) is 16.0. The fraction of sp³-hybridized carbons (Fsp3) is 0.556. The van der Waals surface area contributed by atoms with Crippen molar-refractivity contribution in [3.8, 4) is 0 Å². The third-order valence-corrected chi connectivity index (χ3v) is 5.63.